The van der Waals surface area contributed by atoms with Crippen molar-refractivity contribution in [2.45, 2.75) is 19.0 Å². The van der Waals surface area contributed by atoms with Crippen LogP contribution in [0.1, 0.15) is 18.4 Å². The summed E-state index contributed by atoms with van der Waals surface area (Å²) in [4.78, 5) is 19.9. The van der Waals surface area contributed by atoms with Crippen LogP contribution in [0.4, 0.5) is 19.1 Å². The molecule has 1 saturated heterocycles. The van der Waals surface area contributed by atoms with E-state index in [0.717, 1.165) is 6.08 Å². The molecule has 21 heavy (non-hydrogen) atoms. The predicted octanol–water partition coefficient (Wildman–Crippen LogP) is 2.35. The molecule has 2 heterocycles. The van der Waals surface area contributed by atoms with Crippen molar-refractivity contribution in [1.82, 2.24) is 9.97 Å². The minimum Gasteiger partial charge on any atom is -0.478 e. The fraction of sp³-hybridized carbons (Fsp3) is 0.462. The van der Waals surface area contributed by atoms with Crippen LogP contribution in [0.5, 0.6) is 0 Å². The molecule has 0 bridgehead atoms. The second kappa shape index (κ2) is 6.11. The molecule has 0 spiro atoms. The Morgan fingerprint density at radius 2 is 2.05 bits per heavy atom. The topological polar surface area (TPSA) is 66.3 Å². The van der Waals surface area contributed by atoms with Crippen LogP contribution in [0, 0.1) is 5.92 Å². The number of aromatic nitrogens is 2. The standard InChI is InChI=1S/C13H14F3N3O2/c14-13(15,16)10-2-1-5-19(8-10)12-17-6-9(7-18-12)3-4-11(20)21/h3-4,6-7,10H,1-2,5,8H2,(H,20,21)/b4-3+. The van der Waals surface area contributed by atoms with Gasteiger partial charge in [-0.15, -0.1) is 0 Å². The number of rotatable bonds is 3. The Morgan fingerprint density at radius 1 is 1.38 bits per heavy atom. The Labute approximate surface area is 119 Å². The number of nitrogens with zero attached hydrogens (tertiary/aromatic N) is 3. The number of piperidine rings is 1. The normalized spacial score (nSPS) is 20.0. The quantitative estimate of drug-likeness (QED) is 0.868. The maximum absolute atomic E-state index is 12.7. The maximum atomic E-state index is 12.7. The first-order chi connectivity index (χ1) is 9.86. The predicted molar refractivity (Wildman–Crippen MR) is 69.7 cm³/mol. The number of carbonyl (C=O) groups is 1. The molecule has 0 amide bonds. The van der Waals surface area contributed by atoms with Crippen molar-refractivity contribution in [1.29, 1.82) is 0 Å². The summed E-state index contributed by atoms with van der Waals surface area (Å²) in [5.41, 5.74) is 0.477. The summed E-state index contributed by atoms with van der Waals surface area (Å²) < 4.78 is 38.2. The molecular formula is C13H14F3N3O2. The van der Waals surface area contributed by atoms with Crippen molar-refractivity contribution >= 4 is 18.0 Å². The van der Waals surface area contributed by atoms with Gasteiger partial charge in [-0.25, -0.2) is 14.8 Å². The highest BCUT2D eigenvalue weighted by Gasteiger charge is 2.42. The van der Waals surface area contributed by atoms with Crippen molar-refractivity contribution in [3.8, 4) is 0 Å². The molecule has 0 radical (unpaired) electrons. The minimum atomic E-state index is -4.21. The molecule has 2 rings (SSSR count). The maximum Gasteiger partial charge on any atom is 0.393 e. The van der Waals surface area contributed by atoms with Gasteiger partial charge in [0.15, 0.2) is 0 Å². The van der Waals surface area contributed by atoms with Crippen LogP contribution in [0.2, 0.25) is 0 Å². The highest BCUT2D eigenvalue weighted by atomic mass is 19.4. The lowest BCUT2D eigenvalue weighted by Crippen LogP contribution is -2.42. The van der Waals surface area contributed by atoms with Crippen LogP contribution in [0.25, 0.3) is 6.08 Å². The second-order valence-electron chi connectivity index (χ2n) is 4.81. The van der Waals surface area contributed by atoms with Crippen molar-refractivity contribution in [2.24, 2.45) is 5.92 Å². The smallest absolute Gasteiger partial charge is 0.393 e. The molecule has 1 aromatic rings. The van der Waals surface area contributed by atoms with Gasteiger partial charge < -0.3 is 10.0 Å². The molecule has 1 N–H and O–H groups in total. The van der Waals surface area contributed by atoms with Crippen molar-refractivity contribution < 1.29 is 23.1 Å². The Balaban J connectivity index is 2.06. The Hall–Kier alpha value is -2.12. The van der Waals surface area contributed by atoms with E-state index in [1.165, 1.54) is 23.4 Å². The van der Waals surface area contributed by atoms with E-state index in [2.05, 4.69) is 9.97 Å². The molecule has 114 valence electrons. The number of carboxylic acids is 1. The molecule has 1 fully saturated rings. The monoisotopic (exact) mass is 301 g/mol. The lowest BCUT2D eigenvalue weighted by Gasteiger charge is -2.33. The van der Waals surface area contributed by atoms with E-state index in [9.17, 15) is 18.0 Å². The van der Waals surface area contributed by atoms with Crippen molar-refractivity contribution in [3.05, 3.63) is 24.0 Å². The first-order valence-electron chi connectivity index (χ1n) is 6.41. The first-order valence-corrected chi connectivity index (χ1v) is 6.41. The summed E-state index contributed by atoms with van der Waals surface area (Å²) in [6.45, 7) is 0.338. The first kappa shape index (κ1) is 15.3. The molecule has 1 aliphatic rings. The average molecular weight is 301 g/mol. The number of hydrogen-bond acceptors (Lipinski definition) is 4. The van der Waals surface area contributed by atoms with Crippen molar-refractivity contribution in [2.75, 3.05) is 18.0 Å². The minimum absolute atomic E-state index is 0.124. The van der Waals surface area contributed by atoms with Crippen LogP contribution < -0.4 is 4.90 Å². The molecule has 0 aliphatic carbocycles. The van der Waals surface area contributed by atoms with Crippen LogP contribution in [-0.4, -0.2) is 40.3 Å². The second-order valence-corrected chi connectivity index (χ2v) is 4.81. The number of alkyl halides is 3. The van der Waals surface area contributed by atoms with Crippen molar-refractivity contribution in [3.63, 3.8) is 0 Å². The number of hydrogen-bond donors (Lipinski definition) is 1. The van der Waals surface area contributed by atoms with E-state index in [0.29, 0.717) is 18.5 Å². The molecule has 1 aromatic heterocycles. The molecule has 8 heteroatoms. The molecular weight excluding hydrogens is 287 g/mol. The molecule has 1 aliphatic heterocycles. The van der Waals surface area contributed by atoms with Gasteiger partial charge in [0.1, 0.15) is 0 Å². The van der Waals surface area contributed by atoms with Gasteiger partial charge >= 0.3 is 12.1 Å². The Kier molecular flexibility index (Phi) is 4.44. The Bertz CT molecular complexity index is 528. The molecule has 0 aromatic carbocycles. The lowest BCUT2D eigenvalue weighted by molar-refractivity contribution is -0.176. The SMILES string of the molecule is O=C(O)/C=C/c1cnc(N2CCCC(C(F)(F)F)C2)nc1. The fourth-order valence-corrected chi connectivity index (χ4v) is 2.17. The van der Waals surface area contributed by atoms with E-state index in [1.54, 1.807) is 0 Å². The fourth-order valence-electron chi connectivity index (χ4n) is 2.17. The van der Waals surface area contributed by atoms with Gasteiger partial charge in [0.25, 0.3) is 0 Å². The van der Waals surface area contributed by atoms with E-state index in [1.807, 2.05) is 0 Å². The third-order valence-electron chi connectivity index (χ3n) is 3.24. The molecule has 0 saturated carbocycles. The summed E-state index contributed by atoms with van der Waals surface area (Å²) in [5, 5.41) is 8.50. The Morgan fingerprint density at radius 3 is 2.62 bits per heavy atom. The van der Waals surface area contributed by atoms with Gasteiger partial charge in [0.05, 0.1) is 5.92 Å². The highest BCUT2D eigenvalue weighted by Crippen LogP contribution is 2.33. The number of carboxylic acid groups (broad SMARTS) is 1. The zero-order valence-electron chi connectivity index (χ0n) is 11.0. The van der Waals surface area contributed by atoms with Gasteiger partial charge in [-0.3, -0.25) is 0 Å². The zero-order valence-corrected chi connectivity index (χ0v) is 11.0. The largest absolute Gasteiger partial charge is 0.478 e. The van der Waals surface area contributed by atoms with Crippen LogP contribution in [0.15, 0.2) is 18.5 Å². The van der Waals surface area contributed by atoms with E-state index in [4.69, 9.17) is 5.11 Å². The average Bonchev–Trinajstić information content (AvgIpc) is 2.45. The summed E-state index contributed by atoms with van der Waals surface area (Å²) >= 11 is 0. The third kappa shape index (κ3) is 4.17. The summed E-state index contributed by atoms with van der Waals surface area (Å²) in [6, 6.07) is 0. The molecule has 1 atom stereocenters. The lowest BCUT2D eigenvalue weighted by atomic mass is 9.98. The molecule has 1 unspecified atom stereocenters. The van der Waals surface area contributed by atoms with Gasteiger partial charge in [-0.2, -0.15) is 13.2 Å². The van der Waals surface area contributed by atoms with E-state index in [-0.39, 0.29) is 18.9 Å². The highest BCUT2D eigenvalue weighted by molar-refractivity contribution is 5.85. The third-order valence-corrected chi connectivity index (χ3v) is 3.24. The van der Waals surface area contributed by atoms with Crippen LogP contribution >= 0.6 is 0 Å². The molecule has 5 nitrogen and oxygen atoms in total. The van der Waals surface area contributed by atoms with Gasteiger partial charge in [-0.1, -0.05) is 0 Å². The van der Waals surface area contributed by atoms with E-state index < -0.39 is 18.1 Å². The summed E-state index contributed by atoms with van der Waals surface area (Å²) in [7, 11) is 0. The van der Waals surface area contributed by atoms with Crippen LogP contribution in [-0.2, 0) is 4.79 Å². The summed E-state index contributed by atoms with van der Waals surface area (Å²) in [5.74, 6) is -2.22. The van der Waals surface area contributed by atoms with E-state index >= 15 is 0 Å². The number of anilines is 1. The summed E-state index contributed by atoms with van der Waals surface area (Å²) in [6.07, 6.45) is 1.40. The van der Waals surface area contributed by atoms with Gasteiger partial charge in [0.2, 0.25) is 5.95 Å². The van der Waals surface area contributed by atoms with Gasteiger partial charge in [0, 0.05) is 37.1 Å². The number of halogens is 3. The zero-order chi connectivity index (χ0) is 15.5. The van der Waals surface area contributed by atoms with Crippen LogP contribution in [0.3, 0.4) is 0 Å². The number of aliphatic carboxylic acids is 1. The van der Waals surface area contributed by atoms with Gasteiger partial charge in [-0.05, 0) is 18.9 Å².